The molecule has 2 aromatic rings. The maximum atomic E-state index is 12.8. The van der Waals surface area contributed by atoms with Crippen LogP contribution in [0.2, 0.25) is 0 Å². The highest BCUT2D eigenvalue weighted by molar-refractivity contribution is 5.92. The van der Waals surface area contributed by atoms with Gasteiger partial charge in [0, 0.05) is 30.5 Å². The van der Waals surface area contributed by atoms with E-state index in [9.17, 15) is 4.79 Å². The van der Waals surface area contributed by atoms with Gasteiger partial charge in [0.2, 0.25) is 0 Å². The zero-order valence-corrected chi connectivity index (χ0v) is 15.5. The summed E-state index contributed by atoms with van der Waals surface area (Å²) in [5, 5.41) is 3.58. The molecule has 1 aromatic heterocycles. The van der Waals surface area contributed by atoms with Gasteiger partial charge in [0.05, 0.1) is 0 Å². The van der Waals surface area contributed by atoms with Crippen LogP contribution in [-0.2, 0) is 0 Å². The van der Waals surface area contributed by atoms with Crippen LogP contribution >= 0.6 is 0 Å². The monoisotopic (exact) mass is 338 g/mol. The van der Waals surface area contributed by atoms with Crippen molar-refractivity contribution in [3.05, 3.63) is 52.6 Å². The van der Waals surface area contributed by atoms with Gasteiger partial charge in [0.25, 0.3) is 5.91 Å². The average molecular weight is 338 g/mol. The van der Waals surface area contributed by atoms with Crippen molar-refractivity contribution >= 4 is 11.6 Å². The zero-order chi connectivity index (χ0) is 18.0. The molecule has 1 aromatic carbocycles. The van der Waals surface area contributed by atoms with Gasteiger partial charge in [-0.1, -0.05) is 6.07 Å². The van der Waals surface area contributed by atoms with Crippen LogP contribution in [0.1, 0.15) is 46.0 Å². The van der Waals surface area contributed by atoms with Crippen LogP contribution in [0.5, 0.6) is 0 Å². The summed E-state index contributed by atoms with van der Waals surface area (Å²) < 4.78 is 0. The standard InChI is InChI=1S/C20H26N4O/c1-13-7-8-17(10-14(13)2)23-18-6-5-9-24(12-18)20(25)19-11-15(3)21-16(4)22-19/h7-8,10-11,18,23H,5-6,9,12H2,1-4H3/t18-/m0/s1. The normalized spacial score (nSPS) is 17.4. The maximum absolute atomic E-state index is 12.8. The molecular formula is C20H26N4O. The number of nitrogens with one attached hydrogen (secondary N) is 1. The number of benzene rings is 1. The van der Waals surface area contributed by atoms with E-state index in [0.717, 1.165) is 30.8 Å². The maximum Gasteiger partial charge on any atom is 0.272 e. The minimum Gasteiger partial charge on any atom is -0.381 e. The fraction of sp³-hybridized carbons (Fsp3) is 0.450. The van der Waals surface area contributed by atoms with Crippen molar-refractivity contribution in [1.29, 1.82) is 0 Å². The quantitative estimate of drug-likeness (QED) is 0.931. The molecule has 1 aliphatic rings. The van der Waals surface area contributed by atoms with Gasteiger partial charge in [-0.2, -0.15) is 0 Å². The highest BCUT2D eigenvalue weighted by Gasteiger charge is 2.25. The van der Waals surface area contributed by atoms with E-state index in [2.05, 4.69) is 47.3 Å². The number of likely N-dealkylation sites (tertiary alicyclic amines) is 1. The first-order chi connectivity index (χ1) is 11.9. The second-order valence-corrected chi connectivity index (χ2v) is 6.98. The molecule has 1 aliphatic heterocycles. The minimum absolute atomic E-state index is 0.000173. The van der Waals surface area contributed by atoms with Crippen molar-refractivity contribution in [3.8, 4) is 0 Å². The van der Waals surface area contributed by atoms with Crippen LogP contribution < -0.4 is 5.32 Å². The summed E-state index contributed by atoms with van der Waals surface area (Å²) in [6.07, 6.45) is 2.07. The first-order valence-electron chi connectivity index (χ1n) is 8.88. The summed E-state index contributed by atoms with van der Waals surface area (Å²) in [6.45, 7) is 9.44. The first-order valence-corrected chi connectivity index (χ1v) is 8.88. The minimum atomic E-state index is 0.000173. The smallest absolute Gasteiger partial charge is 0.272 e. The Morgan fingerprint density at radius 2 is 1.92 bits per heavy atom. The molecule has 1 saturated heterocycles. The van der Waals surface area contributed by atoms with Crippen LogP contribution in [-0.4, -0.2) is 39.9 Å². The molecular weight excluding hydrogens is 312 g/mol. The number of anilines is 1. The Kier molecular flexibility index (Phi) is 5.02. The third kappa shape index (κ3) is 4.16. The lowest BCUT2D eigenvalue weighted by atomic mass is 10.0. The molecule has 2 heterocycles. The van der Waals surface area contributed by atoms with E-state index in [1.54, 1.807) is 6.07 Å². The summed E-state index contributed by atoms with van der Waals surface area (Å²) in [6, 6.07) is 8.46. The van der Waals surface area contributed by atoms with E-state index in [4.69, 9.17) is 0 Å². The number of amides is 1. The number of carbonyl (C=O) groups excluding carboxylic acids is 1. The van der Waals surface area contributed by atoms with E-state index >= 15 is 0 Å². The van der Waals surface area contributed by atoms with Gasteiger partial charge in [-0.3, -0.25) is 4.79 Å². The van der Waals surface area contributed by atoms with Gasteiger partial charge < -0.3 is 10.2 Å². The molecule has 1 amide bonds. The Bertz CT molecular complexity index is 767. The lowest BCUT2D eigenvalue weighted by Gasteiger charge is -2.33. The second-order valence-electron chi connectivity index (χ2n) is 6.98. The van der Waals surface area contributed by atoms with Gasteiger partial charge in [0.1, 0.15) is 11.5 Å². The molecule has 25 heavy (non-hydrogen) atoms. The van der Waals surface area contributed by atoms with Gasteiger partial charge in [0.15, 0.2) is 0 Å². The van der Waals surface area contributed by atoms with Gasteiger partial charge >= 0.3 is 0 Å². The van der Waals surface area contributed by atoms with Crippen LogP contribution in [0.25, 0.3) is 0 Å². The topological polar surface area (TPSA) is 58.1 Å². The predicted octanol–water partition coefficient (Wildman–Crippen LogP) is 3.43. The van der Waals surface area contributed by atoms with Crippen LogP contribution in [0, 0.1) is 27.7 Å². The average Bonchev–Trinajstić information content (AvgIpc) is 2.57. The number of nitrogens with zero attached hydrogens (tertiary/aromatic N) is 3. The Labute approximate surface area is 149 Å². The number of rotatable bonds is 3. The van der Waals surface area contributed by atoms with Crippen molar-refractivity contribution in [2.45, 2.75) is 46.6 Å². The number of aromatic nitrogens is 2. The molecule has 1 fully saturated rings. The molecule has 0 unspecified atom stereocenters. The molecule has 0 spiro atoms. The predicted molar refractivity (Wildman–Crippen MR) is 100.0 cm³/mol. The van der Waals surface area contributed by atoms with Crippen molar-refractivity contribution in [2.24, 2.45) is 0 Å². The lowest BCUT2D eigenvalue weighted by molar-refractivity contribution is 0.0708. The Morgan fingerprint density at radius 3 is 2.64 bits per heavy atom. The molecule has 0 saturated carbocycles. The Balaban J connectivity index is 1.69. The molecule has 1 N–H and O–H groups in total. The molecule has 5 nitrogen and oxygen atoms in total. The van der Waals surface area contributed by atoms with E-state index in [1.807, 2.05) is 18.7 Å². The van der Waals surface area contributed by atoms with Gasteiger partial charge in [-0.15, -0.1) is 0 Å². The second kappa shape index (κ2) is 7.21. The van der Waals surface area contributed by atoms with Crippen molar-refractivity contribution in [1.82, 2.24) is 14.9 Å². The number of hydrogen-bond acceptors (Lipinski definition) is 4. The number of hydrogen-bond donors (Lipinski definition) is 1. The van der Waals surface area contributed by atoms with Crippen LogP contribution in [0.4, 0.5) is 5.69 Å². The van der Waals surface area contributed by atoms with Crippen LogP contribution in [0.3, 0.4) is 0 Å². The summed E-state index contributed by atoms with van der Waals surface area (Å²) >= 11 is 0. The number of aryl methyl sites for hydroxylation is 4. The molecule has 0 bridgehead atoms. The molecule has 1 atom stereocenters. The van der Waals surface area contributed by atoms with E-state index in [1.165, 1.54) is 11.1 Å². The van der Waals surface area contributed by atoms with E-state index < -0.39 is 0 Å². The first kappa shape index (κ1) is 17.4. The molecule has 5 heteroatoms. The zero-order valence-electron chi connectivity index (χ0n) is 15.5. The highest BCUT2D eigenvalue weighted by Crippen LogP contribution is 2.20. The SMILES string of the molecule is Cc1cc(C(=O)N2CCC[C@H](Nc3ccc(C)c(C)c3)C2)nc(C)n1. The largest absolute Gasteiger partial charge is 0.381 e. The summed E-state index contributed by atoms with van der Waals surface area (Å²) in [5.74, 6) is 0.644. The van der Waals surface area contributed by atoms with E-state index in [0.29, 0.717) is 18.1 Å². The molecule has 132 valence electrons. The molecule has 0 aliphatic carbocycles. The fourth-order valence-corrected chi connectivity index (χ4v) is 3.33. The summed E-state index contributed by atoms with van der Waals surface area (Å²) in [5.41, 5.74) is 5.02. The summed E-state index contributed by atoms with van der Waals surface area (Å²) in [4.78, 5) is 23.3. The third-order valence-corrected chi connectivity index (χ3v) is 4.77. The Hall–Kier alpha value is -2.43. The number of carbonyl (C=O) groups is 1. The third-order valence-electron chi connectivity index (χ3n) is 4.77. The lowest BCUT2D eigenvalue weighted by Crippen LogP contribution is -2.45. The molecule has 0 radical (unpaired) electrons. The van der Waals surface area contributed by atoms with Crippen molar-refractivity contribution in [2.75, 3.05) is 18.4 Å². The van der Waals surface area contributed by atoms with Crippen molar-refractivity contribution in [3.63, 3.8) is 0 Å². The van der Waals surface area contributed by atoms with Gasteiger partial charge in [-0.05, 0) is 69.9 Å². The highest BCUT2D eigenvalue weighted by atomic mass is 16.2. The van der Waals surface area contributed by atoms with Crippen LogP contribution in [0.15, 0.2) is 24.3 Å². The number of piperidine rings is 1. The molecule has 3 rings (SSSR count). The van der Waals surface area contributed by atoms with E-state index in [-0.39, 0.29) is 11.9 Å². The van der Waals surface area contributed by atoms with Crippen molar-refractivity contribution < 1.29 is 4.79 Å². The Morgan fingerprint density at radius 1 is 1.12 bits per heavy atom. The van der Waals surface area contributed by atoms with Gasteiger partial charge in [-0.25, -0.2) is 9.97 Å². The fourth-order valence-electron chi connectivity index (χ4n) is 3.33. The summed E-state index contributed by atoms with van der Waals surface area (Å²) in [7, 11) is 0.